The van der Waals surface area contributed by atoms with E-state index in [-0.39, 0.29) is 11.1 Å². The van der Waals surface area contributed by atoms with E-state index in [1.807, 2.05) is 67.6 Å². The molecule has 6 rings (SSSR count). The number of carbonyl (C=O) groups excluding carboxylic acids is 2. The molecule has 8 heteroatoms. The summed E-state index contributed by atoms with van der Waals surface area (Å²) < 4.78 is 2.22. The number of rotatable bonds is 6. The number of imide groups is 1. The molecule has 37 heavy (non-hydrogen) atoms. The van der Waals surface area contributed by atoms with Gasteiger partial charge in [-0.3, -0.25) is 24.0 Å². The maximum atomic E-state index is 13.1. The Kier molecular flexibility index (Phi) is 6.28. The van der Waals surface area contributed by atoms with Gasteiger partial charge < -0.3 is 4.90 Å². The average molecular weight is 510 g/mol. The second kappa shape index (κ2) is 9.88. The van der Waals surface area contributed by atoms with Gasteiger partial charge in [-0.15, -0.1) is 0 Å². The summed E-state index contributed by atoms with van der Waals surface area (Å²) in [7, 11) is 0. The Morgan fingerprint density at radius 1 is 0.892 bits per heavy atom. The Balaban J connectivity index is 1.20. The Labute approximate surface area is 220 Å². The quantitative estimate of drug-likeness (QED) is 0.328. The van der Waals surface area contributed by atoms with Gasteiger partial charge in [-0.1, -0.05) is 72.3 Å². The molecule has 0 unspecified atom stereocenters. The van der Waals surface area contributed by atoms with Crippen molar-refractivity contribution >= 4 is 46.0 Å². The summed E-state index contributed by atoms with van der Waals surface area (Å²) >= 11 is 1.02. The molecule has 1 saturated heterocycles. The van der Waals surface area contributed by atoms with Gasteiger partial charge in [0.05, 0.1) is 29.3 Å². The molecule has 0 bridgehead atoms. The highest BCUT2D eigenvalue weighted by molar-refractivity contribution is 8.18. The van der Waals surface area contributed by atoms with Crippen molar-refractivity contribution in [1.29, 1.82) is 0 Å². The van der Waals surface area contributed by atoms with Crippen molar-refractivity contribution in [3.05, 3.63) is 100 Å². The van der Waals surface area contributed by atoms with Crippen LogP contribution in [0.2, 0.25) is 0 Å². The lowest BCUT2D eigenvalue weighted by molar-refractivity contribution is -0.122. The zero-order chi connectivity index (χ0) is 25.4. The molecule has 0 saturated carbocycles. The lowest BCUT2D eigenvalue weighted by Gasteiger charge is -2.37. The van der Waals surface area contributed by atoms with E-state index in [0.29, 0.717) is 31.3 Å². The second-order valence-electron chi connectivity index (χ2n) is 9.43. The molecule has 3 heterocycles. The van der Waals surface area contributed by atoms with Gasteiger partial charge >= 0.3 is 0 Å². The number of fused-ring (bicyclic) bond motifs is 3. The van der Waals surface area contributed by atoms with E-state index in [1.165, 1.54) is 10.5 Å². The summed E-state index contributed by atoms with van der Waals surface area (Å²) in [5.74, 6) is 0.719. The molecule has 0 N–H and O–H groups in total. The summed E-state index contributed by atoms with van der Waals surface area (Å²) in [5, 5.41) is -0.213. The van der Waals surface area contributed by atoms with Gasteiger partial charge in [-0.05, 0) is 48.0 Å². The molecule has 4 aromatic rings. The van der Waals surface area contributed by atoms with E-state index in [2.05, 4.69) is 32.6 Å². The normalized spacial score (nSPS) is 17.3. The van der Waals surface area contributed by atoms with Crippen LogP contribution < -0.4 is 4.90 Å². The number of aromatic nitrogens is 2. The fraction of sp³-hybridized carbons (Fsp3) is 0.207. The molecular weight excluding hydrogens is 482 g/mol. The number of carbonyl (C=O) groups is 2. The monoisotopic (exact) mass is 509 g/mol. The van der Waals surface area contributed by atoms with Crippen molar-refractivity contribution in [3.8, 4) is 0 Å². The SMILES string of the molecule is Cc1ccc(/C=C2/SC(=O)N(CCN3CN(Cc4ccccc4)c4nc5ccccc5n4C3)C2=O)cc1. The molecule has 3 aromatic carbocycles. The lowest BCUT2D eigenvalue weighted by atomic mass is 10.1. The third-order valence-electron chi connectivity index (χ3n) is 6.73. The summed E-state index contributed by atoms with van der Waals surface area (Å²) in [6.45, 7) is 4.98. The minimum Gasteiger partial charge on any atom is -0.325 e. The molecule has 1 aromatic heterocycles. The molecule has 7 nitrogen and oxygen atoms in total. The van der Waals surface area contributed by atoms with Gasteiger partial charge in [0.15, 0.2) is 0 Å². The fourth-order valence-corrected chi connectivity index (χ4v) is 5.67. The van der Waals surface area contributed by atoms with Crippen molar-refractivity contribution < 1.29 is 9.59 Å². The van der Waals surface area contributed by atoms with E-state index < -0.39 is 0 Å². The van der Waals surface area contributed by atoms with Crippen LogP contribution in [-0.4, -0.2) is 50.3 Å². The first-order chi connectivity index (χ1) is 18.0. The first kappa shape index (κ1) is 23.5. The Hall–Kier alpha value is -3.88. The Morgan fingerprint density at radius 3 is 2.46 bits per heavy atom. The standard InChI is InChI=1S/C29H27N5O2S/c1-21-11-13-22(14-12-21)17-26-27(35)33(29(36)37-26)16-15-31-19-32(18-23-7-3-2-4-8-23)28-30-24-9-5-6-10-25(24)34(28)20-31/h2-14,17H,15-16,18-20H2,1H3/b26-17+. The van der Waals surface area contributed by atoms with E-state index >= 15 is 0 Å². The number of amides is 2. The van der Waals surface area contributed by atoms with Gasteiger partial charge in [0.2, 0.25) is 5.95 Å². The van der Waals surface area contributed by atoms with E-state index in [0.717, 1.165) is 46.4 Å². The predicted molar refractivity (Wildman–Crippen MR) is 148 cm³/mol. The zero-order valence-electron chi connectivity index (χ0n) is 20.6. The minimum atomic E-state index is -0.220. The van der Waals surface area contributed by atoms with Gasteiger partial charge in [0.1, 0.15) is 0 Å². The minimum absolute atomic E-state index is 0.213. The highest BCUT2D eigenvalue weighted by Gasteiger charge is 2.35. The molecule has 0 aliphatic carbocycles. The van der Waals surface area contributed by atoms with Crippen LogP contribution in [0, 0.1) is 6.92 Å². The van der Waals surface area contributed by atoms with Crippen LogP contribution in [-0.2, 0) is 18.0 Å². The molecule has 0 atom stereocenters. The van der Waals surface area contributed by atoms with Crippen LogP contribution in [0.5, 0.6) is 0 Å². The summed E-state index contributed by atoms with van der Waals surface area (Å²) in [6.07, 6.45) is 1.80. The van der Waals surface area contributed by atoms with Gasteiger partial charge in [-0.2, -0.15) is 0 Å². The van der Waals surface area contributed by atoms with Crippen molar-refractivity contribution in [2.75, 3.05) is 24.7 Å². The first-order valence-corrected chi connectivity index (χ1v) is 13.2. The molecular formula is C29H27N5O2S. The fourth-order valence-electron chi connectivity index (χ4n) is 4.81. The van der Waals surface area contributed by atoms with Crippen LogP contribution in [0.3, 0.4) is 0 Å². The summed E-state index contributed by atoms with van der Waals surface area (Å²) in [5.41, 5.74) is 5.32. The number of aryl methyl sites for hydroxylation is 1. The third-order valence-corrected chi connectivity index (χ3v) is 7.64. The number of para-hydroxylation sites is 2. The molecule has 0 radical (unpaired) electrons. The summed E-state index contributed by atoms with van der Waals surface area (Å²) in [6, 6.07) is 26.4. The van der Waals surface area contributed by atoms with Crippen molar-refractivity contribution in [2.24, 2.45) is 0 Å². The van der Waals surface area contributed by atoms with E-state index in [1.54, 1.807) is 6.08 Å². The maximum absolute atomic E-state index is 13.1. The van der Waals surface area contributed by atoms with Crippen LogP contribution >= 0.6 is 11.8 Å². The highest BCUT2D eigenvalue weighted by atomic mass is 32.2. The molecule has 0 spiro atoms. The first-order valence-electron chi connectivity index (χ1n) is 12.3. The van der Waals surface area contributed by atoms with Crippen molar-refractivity contribution in [2.45, 2.75) is 20.1 Å². The molecule has 1 fully saturated rings. The number of hydrogen-bond donors (Lipinski definition) is 0. The molecule has 2 aliphatic heterocycles. The number of benzene rings is 3. The lowest BCUT2D eigenvalue weighted by Crippen LogP contribution is -2.47. The zero-order valence-corrected chi connectivity index (χ0v) is 21.4. The van der Waals surface area contributed by atoms with E-state index in [4.69, 9.17) is 4.98 Å². The van der Waals surface area contributed by atoms with Crippen LogP contribution in [0.15, 0.2) is 83.8 Å². The average Bonchev–Trinajstić information content (AvgIpc) is 3.41. The second-order valence-corrected chi connectivity index (χ2v) is 10.4. The van der Waals surface area contributed by atoms with Crippen molar-refractivity contribution in [1.82, 2.24) is 19.4 Å². The topological polar surface area (TPSA) is 61.7 Å². The molecule has 2 aliphatic rings. The number of nitrogens with zero attached hydrogens (tertiary/aromatic N) is 5. The third kappa shape index (κ3) is 4.77. The Morgan fingerprint density at radius 2 is 1.65 bits per heavy atom. The number of anilines is 1. The largest absolute Gasteiger partial charge is 0.325 e. The Bertz CT molecular complexity index is 1500. The predicted octanol–water partition coefficient (Wildman–Crippen LogP) is 5.32. The van der Waals surface area contributed by atoms with Gasteiger partial charge in [0.25, 0.3) is 11.1 Å². The smallest absolute Gasteiger partial charge is 0.293 e. The maximum Gasteiger partial charge on any atom is 0.293 e. The van der Waals surface area contributed by atoms with E-state index in [9.17, 15) is 9.59 Å². The number of hydrogen-bond acceptors (Lipinski definition) is 6. The van der Waals surface area contributed by atoms with Crippen LogP contribution in [0.4, 0.5) is 10.7 Å². The van der Waals surface area contributed by atoms with Gasteiger partial charge in [-0.25, -0.2) is 4.98 Å². The van der Waals surface area contributed by atoms with Crippen LogP contribution in [0.1, 0.15) is 16.7 Å². The van der Waals surface area contributed by atoms with Gasteiger partial charge in [0, 0.05) is 19.6 Å². The summed E-state index contributed by atoms with van der Waals surface area (Å²) in [4.78, 5) is 37.1. The van der Waals surface area contributed by atoms with Crippen LogP contribution in [0.25, 0.3) is 17.1 Å². The van der Waals surface area contributed by atoms with Crippen molar-refractivity contribution in [3.63, 3.8) is 0 Å². The number of thioether (sulfide) groups is 1. The molecule has 186 valence electrons. The highest BCUT2D eigenvalue weighted by Crippen LogP contribution is 2.33. The number of imidazole rings is 1. The molecule has 2 amide bonds.